The third kappa shape index (κ3) is 4.48. The molecule has 134 valence electrons. The molecule has 1 aliphatic rings. The molecule has 1 aromatic heterocycles. The largest absolute Gasteiger partial charge is 0.492 e. The minimum atomic E-state index is -0.260. The van der Waals surface area contributed by atoms with Gasteiger partial charge in [0.2, 0.25) is 5.91 Å². The van der Waals surface area contributed by atoms with E-state index in [1.807, 2.05) is 30.3 Å². The predicted octanol–water partition coefficient (Wildman–Crippen LogP) is -0.0964. The molecular formula is C17H23N5O3. The van der Waals surface area contributed by atoms with Crippen molar-refractivity contribution in [3.8, 4) is 5.75 Å². The van der Waals surface area contributed by atoms with Crippen LogP contribution in [-0.4, -0.2) is 39.4 Å². The van der Waals surface area contributed by atoms with E-state index in [1.165, 1.54) is 4.68 Å². The standard InChI is InChI=1S/C17H23N5O3/c18-13-6-7-15-20-22(17(24)21(15)10-8-13)12-16(23)19-9-11-25-14-4-2-1-3-5-14/h1-5,13H,6-12,18H2,(H,19,23). The lowest BCUT2D eigenvalue weighted by Crippen LogP contribution is -2.35. The fraction of sp³-hybridized carbons (Fsp3) is 0.471. The number of benzene rings is 1. The molecule has 25 heavy (non-hydrogen) atoms. The van der Waals surface area contributed by atoms with E-state index in [4.69, 9.17) is 10.5 Å². The highest BCUT2D eigenvalue weighted by atomic mass is 16.5. The van der Waals surface area contributed by atoms with Crippen molar-refractivity contribution in [3.05, 3.63) is 46.6 Å². The van der Waals surface area contributed by atoms with E-state index in [9.17, 15) is 9.59 Å². The van der Waals surface area contributed by atoms with Crippen molar-refractivity contribution in [1.29, 1.82) is 0 Å². The lowest BCUT2D eigenvalue weighted by molar-refractivity contribution is -0.122. The number of nitrogens with zero attached hydrogens (tertiary/aromatic N) is 3. The number of nitrogens with two attached hydrogens (primary N) is 1. The van der Waals surface area contributed by atoms with Crippen LogP contribution in [0.2, 0.25) is 0 Å². The van der Waals surface area contributed by atoms with Crippen molar-refractivity contribution < 1.29 is 9.53 Å². The van der Waals surface area contributed by atoms with Crippen LogP contribution in [-0.2, 0) is 24.3 Å². The average molecular weight is 345 g/mol. The quantitative estimate of drug-likeness (QED) is 0.712. The molecule has 2 aromatic rings. The normalized spacial score (nSPS) is 16.8. The number of aryl methyl sites for hydroxylation is 1. The van der Waals surface area contributed by atoms with Crippen LogP contribution >= 0.6 is 0 Å². The van der Waals surface area contributed by atoms with E-state index in [-0.39, 0.29) is 24.2 Å². The van der Waals surface area contributed by atoms with Gasteiger partial charge in [-0.2, -0.15) is 5.10 Å². The number of amides is 1. The van der Waals surface area contributed by atoms with Gasteiger partial charge < -0.3 is 15.8 Å². The van der Waals surface area contributed by atoms with Gasteiger partial charge in [0.1, 0.15) is 24.7 Å². The van der Waals surface area contributed by atoms with Crippen molar-refractivity contribution >= 4 is 5.91 Å². The Kier molecular flexibility index (Phi) is 5.49. The Bertz CT molecular complexity index is 768. The fourth-order valence-corrected chi connectivity index (χ4v) is 2.82. The lowest BCUT2D eigenvalue weighted by atomic mass is 10.1. The highest BCUT2D eigenvalue weighted by molar-refractivity contribution is 5.75. The second kappa shape index (κ2) is 7.98. The van der Waals surface area contributed by atoms with Crippen molar-refractivity contribution in [2.45, 2.75) is 38.4 Å². The van der Waals surface area contributed by atoms with Gasteiger partial charge in [-0.05, 0) is 25.0 Å². The molecule has 0 bridgehead atoms. The van der Waals surface area contributed by atoms with E-state index in [2.05, 4.69) is 10.4 Å². The van der Waals surface area contributed by atoms with Gasteiger partial charge in [0.05, 0.1) is 6.54 Å². The van der Waals surface area contributed by atoms with Crippen LogP contribution in [0.5, 0.6) is 5.75 Å². The van der Waals surface area contributed by atoms with Crippen LogP contribution in [0.15, 0.2) is 35.1 Å². The molecule has 1 aliphatic heterocycles. The summed E-state index contributed by atoms with van der Waals surface area (Å²) in [5.74, 6) is 1.20. The molecule has 1 amide bonds. The smallest absolute Gasteiger partial charge is 0.346 e. The summed E-state index contributed by atoms with van der Waals surface area (Å²) in [5.41, 5.74) is 5.68. The number of fused-ring (bicyclic) bond motifs is 1. The molecule has 0 saturated carbocycles. The molecule has 1 atom stereocenters. The minimum Gasteiger partial charge on any atom is -0.492 e. The molecule has 1 unspecified atom stereocenters. The molecule has 0 fully saturated rings. The number of hydrogen-bond donors (Lipinski definition) is 2. The minimum absolute atomic E-state index is 0.0871. The first-order chi connectivity index (χ1) is 12.1. The van der Waals surface area contributed by atoms with Crippen LogP contribution in [0.25, 0.3) is 0 Å². The Morgan fingerprint density at radius 2 is 2.12 bits per heavy atom. The number of rotatable bonds is 6. The van der Waals surface area contributed by atoms with Gasteiger partial charge in [-0.3, -0.25) is 9.36 Å². The molecule has 0 saturated heterocycles. The van der Waals surface area contributed by atoms with Crippen LogP contribution in [0.1, 0.15) is 18.7 Å². The summed E-state index contributed by atoms with van der Waals surface area (Å²) in [4.78, 5) is 24.4. The van der Waals surface area contributed by atoms with Crippen molar-refractivity contribution in [1.82, 2.24) is 19.7 Å². The van der Waals surface area contributed by atoms with Gasteiger partial charge in [0.25, 0.3) is 0 Å². The predicted molar refractivity (Wildman–Crippen MR) is 92.3 cm³/mol. The number of aromatic nitrogens is 3. The highest BCUT2D eigenvalue weighted by Gasteiger charge is 2.19. The number of ether oxygens (including phenoxy) is 1. The zero-order valence-electron chi connectivity index (χ0n) is 14.1. The van der Waals surface area contributed by atoms with Gasteiger partial charge in [-0.1, -0.05) is 18.2 Å². The summed E-state index contributed by atoms with van der Waals surface area (Å²) in [6.07, 6.45) is 2.22. The first-order valence-corrected chi connectivity index (χ1v) is 8.50. The Hall–Kier alpha value is -2.61. The second-order valence-electron chi connectivity index (χ2n) is 6.11. The van der Waals surface area contributed by atoms with Crippen molar-refractivity contribution in [3.63, 3.8) is 0 Å². The molecule has 0 radical (unpaired) electrons. The van der Waals surface area contributed by atoms with Crippen LogP contribution in [0, 0.1) is 0 Å². The summed E-state index contributed by atoms with van der Waals surface area (Å²) in [5, 5.41) is 7.02. The van der Waals surface area contributed by atoms with E-state index in [0.717, 1.165) is 18.6 Å². The Labute approximate surface area is 145 Å². The Balaban J connectivity index is 1.48. The summed E-state index contributed by atoms with van der Waals surface area (Å²) in [6, 6.07) is 9.48. The van der Waals surface area contributed by atoms with Crippen molar-refractivity contribution in [2.24, 2.45) is 5.73 Å². The maximum absolute atomic E-state index is 12.3. The monoisotopic (exact) mass is 345 g/mol. The molecule has 3 N–H and O–H groups in total. The molecule has 1 aromatic carbocycles. The highest BCUT2D eigenvalue weighted by Crippen LogP contribution is 2.10. The molecule has 3 rings (SSSR count). The summed E-state index contributed by atoms with van der Waals surface area (Å²) in [7, 11) is 0. The van der Waals surface area contributed by atoms with Gasteiger partial charge in [-0.15, -0.1) is 0 Å². The SMILES string of the molecule is NC1CCc2nn(CC(=O)NCCOc3ccccc3)c(=O)n2CC1. The fourth-order valence-electron chi connectivity index (χ4n) is 2.82. The summed E-state index contributed by atoms with van der Waals surface area (Å²) >= 11 is 0. The maximum Gasteiger partial charge on any atom is 0.346 e. The molecule has 0 spiro atoms. The molecule has 8 nitrogen and oxygen atoms in total. The van der Waals surface area contributed by atoms with Crippen LogP contribution in [0.4, 0.5) is 0 Å². The maximum atomic E-state index is 12.3. The van der Waals surface area contributed by atoms with Gasteiger partial charge in [-0.25, -0.2) is 9.48 Å². The van der Waals surface area contributed by atoms with E-state index >= 15 is 0 Å². The van der Waals surface area contributed by atoms with E-state index in [1.54, 1.807) is 4.57 Å². The third-order valence-electron chi connectivity index (χ3n) is 4.19. The number of carbonyl (C=O) groups excluding carboxylic acids is 1. The number of hydrogen-bond acceptors (Lipinski definition) is 5. The Morgan fingerprint density at radius 1 is 1.32 bits per heavy atom. The average Bonchev–Trinajstić information content (AvgIpc) is 2.78. The molecule has 0 aliphatic carbocycles. The molecule has 2 heterocycles. The number of para-hydroxylation sites is 1. The van der Waals surface area contributed by atoms with Gasteiger partial charge in [0, 0.05) is 19.0 Å². The van der Waals surface area contributed by atoms with Gasteiger partial charge >= 0.3 is 5.69 Å². The Morgan fingerprint density at radius 3 is 2.92 bits per heavy atom. The third-order valence-corrected chi connectivity index (χ3v) is 4.19. The lowest BCUT2D eigenvalue weighted by Gasteiger charge is -2.07. The number of carbonyl (C=O) groups is 1. The van der Waals surface area contributed by atoms with E-state index in [0.29, 0.717) is 31.9 Å². The summed E-state index contributed by atoms with van der Waals surface area (Å²) < 4.78 is 8.35. The van der Waals surface area contributed by atoms with E-state index < -0.39 is 0 Å². The van der Waals surface area contributed by atoms with Crippen LogP contribution in [0.3, 0.4) is 0 Å². The molecule has 8 heteroatoms. The summed E-state index contributed by atoms with van der Waals surface area (Å²) in [6.45, 7) is 1.20. The van der Waals surface area contributed by atoms with Gasteiger partial charge in [0.15, 0.2) is 0 Å². The van der Waals surface area contributed by atoms with Crippen molar-refractivity contribution in [2.75, 3.05) is 13.2 Å². The second-order valence-corrected chi connectivity index (χ2v) is 6.11. The first kappa shape index (κ1) is 17.2. The molecular weight excluding hydrogens is 322 g/mol. The number of nitrogens with one attached hydrogen (secondary N) is 1. The first-order valence-electron chi connectivity index (χ1n) is 8.50. The topological polar surface area (TPSA) is 104 Å². The zero-order valence-corrected chi connectivity index (χ0v) is 14.1. The van der Waals surface area contributed by atoms with Crippen LogP contribution < -0.4 is 21.5 Å². The zero-order chi connectivity index (χ0) is 17.6.